The van der Waals surface area contributed by atoms with Gasteiger partial charge in [0.15, 0.2) is 0 Å². The molecule has 2 aliphatic heterocycles. The minimum atomic E-state index is -0.478. The van der Waals surface area contributed by atoms with E-state index in [0.29, 0.717) is 38.3 Å². The fourth-order valence-corrected chi connectivity index (χ4v) is 2.77. The smallest absolute Gasteiger partial charge is 0.410 e. The Balaban J connectivity index is 1.62. The van der Waals surface area contributed by atoms with Gasteiger partial charge in [-0.1, -0.05) is 6.07 Å². The minimum Gasteiger partial charge on any atom is -0.457 e. The van der Waals surface area contributed by atoms with Gasteiger partial charge in [0, 0.05) is 37.4 Å². The number of carbonyl (C=O) groups is 2. The van der Waals surface area contributed by atoms with Gasteiger partial charge in [-0.15, -0.1) is 0 Å². The quantitative estimate of drug-likeness (QED) is 0.744. The van der Waals surface area contributed by atoms with Crippen LogP contribution in [-0.2, 0) is 16.1 Å². The van der Waals surface area contributed by atoms with E-state index in [-0.39, 0.29) is 12.1 Å². The van der Waals surface area contributed by atoms with E-state index in [2.05, 4.69) is 4.90 Å². The molecule has 6 nitrogen and oxygen atoms in total. The van der Waals surface area contributed by atoms with Crippen molar-refractivity contribution < 1.29 is 19.1 Å². The third-order valence-electron chi connectivity index (χ3n) is 3.97. The van der Waals surface area contributed by atoms with Gasteiger partial charge in [-0.05, 0) is 32.9 Å². The topological polar surface area (TPSA) is 59.1 Å². The fourth-order valence-electron chi connectivity index (χ4n) is 2.77. The van der Waals surface area contributed by atoms with Crippen molar-refractivity contribution in [3.8, 4) is 0 Å². The lowest BCUT2D eigenvalue weighted by atomic mass is 10.1. The zero-order valence-corrected chi connectivity index (χ0v) is 13.8. The predicted molar refractivity (Wildman–Crippen MR) is 85.6 cm³/mol. The Kier molecular flexibility index (Phi) is 3.92. The number of fused-ring (bicyclic) bond motifs is 1. The number of cyclic esters (lactones) is 1. The number of benzene rings is 1. The average molecular weight is 318 g/mol. The average Bonchev–Trinajstić information content (AvgIpc) is 2.87. The van der Waals surface area contributed by atoms with Crippen molar-refractivity contribution in [2.45, 2.75) is 33.0 Å². The van der Waals surface area contributed by atoms with E-state index in [1.54, 1.807) is 4.90 Å². The van der Waals surface area contributed by atoms with Gasteiger partial charge >= 0.3 is 12.1 Å². The highest BCUT2D eigenvalue weighted by Gasteiger charge is 2.27. The van der Waals surface area contributed by atoms with Crippen molar-refractivity contribution in [3.63, 3.8) is 0 Å². The molecule has 0 radical (unpaired) electrons. The van der Waals surface area contributed by atoms with E-state index in [9.17, 15) is 9.59 Å². The molecule has 3 rings (SSSR count). The minimum absolute atomic E-state index is 0.255. The van der Waals surface area contributed by atoms with Crippen LogP contribution in [0.3, 0.4) is 0 Å². The molecule has 1 saturated heterocycles. The predicted octanol–water partition coefficient (Wildman–Crippen LogP) is 2.41. The van der Waals surface area contributed by atoms with Gasteiger partial charge in [-0.2, -0.15) is 0 Å². The van der Waals surface area contributed by atoms with Crippen molar-refractivity contribution >= 4 is 17.7 Å². The maximum absolute atomic E-state index is 12.1. The van der Waals surface area contributed by atoms with Gasteiger partial charge in [-0.25, -0.2) is 9.59 Å². The number of nitrogens with zero attached hydrogens (tertiary/aromatic N) is 2. The van der Waals surface area contributed by atoms with E-state index in [1.165, 1.54) is 0 Å². The largest absolute Gasteiger partial charge is 0.457 e. The molecule has 0 aliphatic carbocycles. The van der Waals surface area contributed by atoms with E-state index in [4.69, 9.17) is 9.47 Å². The normalized spacial score (nSPS) is 17.8. The van der Waals surface area contributed by atoms with Crippen LogP contribution >= 0.6 is 0 Å². The fraction of sp³-hybridized carbons (Fsp3) is 0.529. The van der Waals surface area contributed by atoms with Crippen LogP contribution in [0.1, 0.15) is 36.7 Å². The van der Waals surface area contributed by atoms with Gasteiger partial charge in [0.1, 0.15) is 12.2 Å². The number of rotatable bonds is 1. The lowest BCUT2D eigenvalue weighted by Crippen LogP contribution is -2.50. The maximum Gasteiger partial charge on any atom is 0.410 e. The zero-order valence-electron chi connectivity index (χ0n) is 13.8. The molecule has 23 heavy (non-hydrogen) atoms. The summed E-state index contributed by atoms with van der Waals surface area (Å²) < 4.78 is 10.4. The Labute approximate surface area is 136 Å². The highest BCUT2D eigenvalue weighted by molar-refractivity contribution is 5.94. The number of carbonyl (C=O) groups excluding carboxylic acids is 2. The second kappa shape index (κ2) is 5.76. The second-order valence-electron chi connectivity index (χ2n) is 6.87. The molecular weight excluding hydrogens is 296 g/mol. The van der Waals surface area contributed by atoms with Crippen LogP contribution < -0.4 is 4.90 Å². The Morgan fingerprint density at radius 3 is 2.52 bits per heavy atom. The summed E-state index contributed by atoms with van der Waals surface area (Å²) >= 11 is 0. The first kappa shape index (κ1) is 15.6. The molecule has 0 spiro atoms. The van der Waals surface area contributed by atoms with Crippen LogP contribution in [0.15, 0.2) is 18.2 Å². The van der Waals surface area contributed by atoms with Crippen molar-refractivity contribution in [2.75, 3.05) is 31.1 Å². The van der Waals surface area contributed by atoms with E-state index in [0.717, 1.165) is 11.3 Å². The number of anilines is 1. The lowest BCUT2D eigenvalue weighted by molar-refractivity contribution is 0.0240. The Bertz CT molecular complexity index is 628. The first-order chi connectivity index (χ1) is 10.8. The monoisotopic (exact) mass is 318 g/mol. The SMILES string of the molecule is CC(C)(C)OC(=O)N1CCN(c2ccc3c(c2)C(=O)OC3)CC1. The number of ether oxygens (including phenoxy) is 2. The highest BCUT2D eigenvalue weighted by atomic mass is 16.6. The molecule has 1 amide bonds. The summed E-state index contributed by atoms with van der Waals surface area (Å²) in [4.78, 5) is 27.6. The molecule has 124 valence electrons. The van der Waals surface area contributed by atoms with Crippen molar-refractivity contribution in [3.05, 3.63) is 29.3 Å². The summed E-state index contributed by atoms with van der Waals surface area (Å²) in [5.74, 6) is -0.255. The van der Waals surface area contributed by atoms with Crippen molar-refractivity contribution in [1.82, 2.24) is 4.90 Å². The van der Waals surface area contributed by atoms with Crippen molar-refractivity contribution in [2.24, 2.45) is 0 Å². The Morgan fingerprint density at radius 1 is 1.17 bits per heavy atom. The van der Waals surface area contributed by atoms with E-state index < -0.39 is 5.60 Å². The molecular formula is C17H22N2O4. The van der Waals surface area contributed by atoms with Crippen LogP contribution in [-0.4, -0.2) is 48.7 Å². The molecule has 2 heterocycles. The summed E-state index contributed by atoms with van der Waals surface area (Å²) in [5.41, 5.74) is 2.10. The number of piperazine rings is 1. The Hall–Kier alpha value is -2.24. The third-order valence-corrected chi connectivity index (χ3v) is 3.97. The lowest BCUT2D eigenvalue weighted by Gasteiger charge is -2.36. The molecule has 0 atom stereocenters. The third kappa shape index (κ3) is 3.41. The summed E-state index contributed by atoms with van der Waals surface area (Å²) in [7, 11) is 0. The van der Waals surface area contributed by atoms with Crippen LogP contribution in [0, 0.1) is 0 Å². The van der Waals surface area contributed by atoms with Crippen LogP contribution in [0.5, 0.6) is 0 Å². The maximum atomic E-state index is 12.1. The Morgan fingerprint density at radius 2 is 1.87 bits per heavy atom. The zero-order chi connectivity index (χ0) is 16.6. The van der Waals surface area contributed by atoms with Gasteiger partial charge < -0.3 is 19.3 Å². The highest BCUT2D eigenvalue weighted by Crippen LogP contribution is 2.26. The molecule has 0 unspecified atom stereocenters. The van der Waals surface area contributed by atoms with E-state index in [1.807, 2.05) is 39.0 Å². The van der Waals surface area contributed by atoms with Gasteiger partial charge in [0.05, 0.1) is 5.56 Å². The first-order valence-corrected chi connectivity index (χ1v) is 7.86. The standard InChI is InChI=1S/C17H22N2O4/c1-17(2,3)23-16(21)19-8-6-18(7-9-19)13-5-4-12-11-22-15(20)14(12)10-13/h4-5,10H,6-9,11H2,1-3H3. The van der Waals surface area contributed by atoms with Crippen LogP contribution in [0.4, 0.5) is 10.5 Å². The number of esters is 1. The first-order valence-electron chi connectivity index (χ1n) is 7.86. The molecule has 2 aliphatic rings. The molecule has 0 saturated carbocycles. The summed E-state index contributed by atoms with van der Waals surface area (Å²) in [6.07, 6.45) is -0.269. The van der Waals surface area contributed by atoms with Gasteiger partial charge in [0.2, 0.25) is 0 Å². The van der Waals surface area contributed by atoms with Crippen LogP contribution in [0.25, 0.3) is 0 Å². The summed E-state index contributed by atoms with van der Waals surface area (Å²) in [5, 5.41) is 0. The summed E-state index contributed by atoms with van der Waals surface area (Å²) in [6.45, 7) is 8.61. The second-order valence-corrected chi connectivity index (χ2v) is 6.87. The molecule has 0 bridgehead atoms. The van der Waals surface area contributed by atoms with Crippen molar-refractivity contribution in [1.29, 1.82) is 0 Å². The molecule has 6 heteroatoms. The molecule has 0 N–H and O–H groups in total. The number of amides is 1. The van der Waals surface area contributed by atoms with E-state index >= 15 is 0 Å². The summed E-state index contributed by atoms with van der Waals surface area (Å²) in [6, 6.07) is 5.83. The molecule has 1 fully saturated rings. The van der Waals surface area contributed by atoms with Crippen LogP contribution in [0.2, 0.25) is 0 Å². The molecule has 1 aromatic carbocycles. The van der Waals surface area contributed by atoms with Gasteiger partial charge in [0.25, 0.3) is 0 Å². The number of hydrogen-bond acceptors (Lipinski definition) is 5. The molecule has 1 aromatic rings. The van der Waals surface area contributed by atoms with Gasteiger partial charge in [-0.3, -0.25) is 0 Å². The molecule has 0 aromatic heterocycles. The number of hydrogen-bond donors (Lipinski definition) is 0.